The zero-order valence-corrected chi connectivity index (χ0v) is 22.0. The second-order valence-corrected chi connectivity index (χ2v) is 10.4. The molecule has 36 heavy (non-hydrogen) atoms. The largest absolute Gasteiger partial charge is 0.508 e. The zero-order valence-electron chi connectivity index (χ0n) is 20.4. The Morgan fingerprint density at radius 1 is 1.14 bits per heavy atom. The molecule has 1 fully saturated rings. The molecule has 0 aromatic heterocycles. The van der Waals surface area contributed by atoms with E-state index in [4.69, 9.17) is 27.9 Å². The molecule has 0 saturated carbocycles. The van der Waals surface area contributed by atoms with Crippen molar-refractivity contribution in [2.45, 2.75) is 39.0 Å². The molecule has 0 bridgehead atoms. The van der Waals surface area contributed by atoms with Crippen molar-refractivity contribution >= 4 is 29.1 Å². The van der Waals surface area contributed by atoms with Gasteiger partial charge in [-0.2, -0.15) is 0 Å². The molecule has 2 atom stereocenters. The van der Waals surface area contributed by atoms with Crippen LogP contribution < -0.4 is 4.74 Å². The maximum absolute atomic E-state index is 13.3. The first-order valence-electron chi connectivity index (χ1n) is 12.2. The van der Waals surface area contributed by atoms with Gasteiger partial charge in [0.1, 0.15) is 17.3 Å². The van der Waals surface area contributed by atoms with Gasteiger partial charge in [0.2, 0.25) is 0 Å². The van der Waals surface area contributed by atoms with E-state index < -0.39 is 0 Å². The first-order chi connectivity index (χ1) is 17.2. The number of hydrogen-bond acceptors (Lipinski definition) is 3. The van der Waals surface area contributed by atoms with Crippen molar-refractivity contribution in [2.75, 3.05) is 19.7 Å². The minimum atomic E-state index is -0.300. The molecule has 3 aromatic carbocycles. The van der Waals surface area contributed by atoms with Crippen LogP contribution in [-0.4, -0.2) is 35.6 Å². The molecule has 1 saturated heterocycles. The molecule has 190 valence electrons. The van der Waals surface area contributed by atoms with E-state index >= 15 is 0 Å². The number of piperidine rings is 1. The Morgan fingerprint density at radius 3 is 2.50 bits per heavy atom. The van der Waals surface area contributed by atoms with E-state index in [1.54, 1.807) is 30.3 Å². The second kappa shape index (κ2) is 11.5. The van der Waals surface area contributed by atoms with Crippen molar-refractivity contribution in [1.82, 2.24) is 4.90 Å². The average molecular weight is 530 g/mol. The van der Waals surface area contributed by atoms with Crippen LogP contribution in [0.25, 0.3) is 0 Å². The molecule has 1 N–H and O–H groups in total. The number of phenols is 1. The van der Waals surface area contributed by atoms with E-state index in [1.807, 2.05) is 24.0 Å². The van der Waals surface area contributed by atoms with Crippen LogP contribution in [0.3, 0.4) is 0 Å². The van der Waals surface area contributed by atoms with Crippen LogP contribution in [0, 0.1) is 11.7 Å². The van der Waals surface area contributed by atoms with Crippen molar-refractivity contribution in [3.63, 3.8) is 0 Å². The molecule has 1 aliphatic rings. The summed E-state index contributed by atoms with van der Waals surface area (Å²) in [6.45, 7) is 5.59. The Bertz CT molecular complexity index is 1210. The second-order valence-electron chi connectivity index (χ2n) is 9.58. The quantitative estimate of drug-likeness (QED) is 0.351. The van der Waals surface area contributed by atoms with E-state index in [2.05, 4.69) is 6.92 Å². The summed E-state index contributed by atoms with van der Waals surface area (Å²) in [5, 5.41) is 11.4. The number of carbonyl (C=O) groups is 1. The summed E-state index contributed by atoms with van der Waals surface area (Å²) in [5.41, 5.74) is 3.28. The van der Waals surface area contributed by atoms with Crippen LogP contribution >= 0.6 is 23.2 Å². The lowest BCUT2D eigenvalue weighted by Gasteiger charge is -2.30. The van der Waals surface area contributed by atoms with Gasteiger partial charge in [-0.25, -0.2) is 4.39 Å². The maximum atomic E-state index is 13.3. The number of halogens is 3. The number of hydrogen-bond donors (Lipinski definition) is 1. The Balaban J connectivity index is 1.46. The SMILES string of the molecule is CC1CCCN(C(=O)COc2cc(Cl)c(Cc3ccc(O)c(C(C)c4ccc(F)cc4)c3)c(Cl)c2)C1. The summed E-state index contributed by atoms with van der Waals surface area (Å²) in [7, 11) is 0. The molecule has 0 aliphatic carbocycles. The van der Waals surface area contributed by atoms with Crippen LogP contribution in [0.5, 0.6) is 11.5 Å². The summed E-state index contributed by atoms with van der Waals surface area (Å²) in [6, 6.07) is 15.0. The van der Waals surface area contributed by atoms with Gasteiger partial charge in [0, 0.05) is 41.0 Å². The summed E-state index contributed by atoms with van der Waals surface area (Å²) in [4.78, 5) is 14.4. The third-order valence-corrected chi connectivity index (χ3v) is 7.47. The minimum absolute atomic E-state index is 0.0373. The van der Waals surface area contributed by atoms with E-state index in [9.17, 15) is 14.3 Å². The molecular formula is C29H30Cl2FNO3. The number of ether oxygens (including phenoxy) is 1. The molecule has 4 nitrogen and oxygen atoms in total. The van der Waals surface area contributed by atoms with Gasteiger partial charge in [-0.15, -0.1) is 0 Å². The molecule has 4 rings (SSSR count). The first-order valence-corrected chi connectivity index (χ1v) is 12.9. The number of nitrogens with zero attached hydrogens (tertiary/aromatic N) is 1. The average Bonchev–Trinajstić information content (AvgIpc) is 2.85. The van der Waals surface area contributed by atoms with Gasteiger partial charge in [-0.3, -0.25) is 4.79 Å². The van der Waals surface area contributed by atoms with Gasteiger partial charge in [-0.1, -0.05) is 61.3 Å². The zero-order chi connectivity index (χ0) is 25.8. The third-order valence-electron chi connectivity index (χ3n) is 6.80. The van der Waals surface area contributed by atoms with Crippen molar-refractivity contribution < 1.29 is 19.0 Å². The van der Waals surface area contributed by atoms with E-state index in [0.29, 0.717) is 28.1 Å². The Labute approximate surface area is 221 Å². The number of amides is 1. The van der Waals surface area contributed by atoms with E-state index in [1.165, 1.54) is 12.1 Å². The summed E-state index contributed by atoms with van der Waals surface area (Å²) < 4.78 is 19.1. The molecule has 0 radical (unpaired) electrons. The van der Waals surface area contributed by atoms with Gasteiger partial charge >= 0.3 is 0 Å². The van der Waals surface area contributed by atoms with Crippen molar-refractivity contribution in [1.29, 1.82) is 0 Å². The molecule has 1 heterocycles. The molecular weight excluding hydrogens is 500 g/mol. The van der Waals surface area contributed by atoms with Gasteiger partial charge in [0.15, 0.2) is 6.61 Å². The summed E-state index contributed by atoms with van der Waals surface area (Å²) in [6.07, 6.45) is 2.61. The highest BCUT2D eigenvalue weighted by molar-refractivity contribution is 6.36. The topological polar surface area (TPSA) is 49.8 Å². The van der Waals surface area contributed by atoms with Crippen molar-refractivity contribution in [2.24, 2.45) is 5.92 Å². The Morgan fingerprint density at radius 2 is 1.83 bits per heavy atom. The summed E-state index contributed by atoms with van der Waals surface area (Å²) in [5.74, 6) is 0.654. The number of rotatable bonds is 7. The predicted molar refractivity (Wildman–Crippen MR) is 142 cm³/mol. The lowest BCUT2D eigenvalue weighted by molar-refractivity contribution is -0.135. The number of likely N-dealkylation sites (tertiary alicyclic amines) is 1. The van der Waals surface area contributed by atoms with Gasteiger partial charge < -0.3 is 14.7 Å². The molecule has 1 amide bonds. The third kappa shape index (κ3) is 6.32. The normalized spacial score (nSPS) is 16.6. The van der Waals surface area contributed by atoms with Crippen LogP contribution in [-0.2, 0) is 11.2 Å². The van der Waals surface area contributed by atoms with Gasteiger partial charge in [0.05, 0.1) is 0 Å². The fraction of sp³-hybridized carbons (Fsp3) is 0.345. The lowest BCUT2D eigenvalue weighted by atomic mass is 9.90. The Kier molecular flexibility index (Phi) is 8.43. The number of aromatic hydroxyl groups is 1. The predicted octanol–water partition coefficient (Wildman–Crippen LogP) is 7.22. The smallest absolute Gasteiger partial charge is 0.260 e. The molecule has 3 aromatic rings. The molecule has 1 aliphatic heterocycles. The number of phenolic OH excluding ortho intramolecular Hbond substituents is 1. The van der Waals surface area contributed by atoms with Crippen LogP contribution in [0.4, 0.5) is 4.39 Å². The fourth-order valence-electron chi connectivity index (χ4n) is 4.68. The van der Waals surface area contributed by atoms with E-state index in [-0.39, 0.29) is 30.0 Å². The van der Waals surface area contributed by atoms with Crippen LogP contribution in [0.15, 0.2) is 54.6 Å². The highest BCUT2D eigenvalue weighted by atomic mass is 35.5. The number of benzene rings is 3. The van der Waals surface area contributed by atoms with Gasteiger partial charge in [0.25, 0.3) is 5.91 Å². The Hall–Kier alpha value is -2.76. The number of carbonyl (C=O) groups excluding carboxylic acids is 1. The van der Waals surface area contributed by atoms with Crippen LogP contribution in [0.1, 0.15) is 54.9 Å². The fourth-order valence-corrected chi connectivity index (χ4v) is 5.28. The standard InChI is InChI=1S/C29H30Cl2FNO3/c1-18-4-3-11-33(16-18)29(35)17-36-23-14-26(30)25(27(31)15-23)13-20-5-10-28(34)24(12-20)19(2)21-6-8-22(32)9-7-21/h5-10,12,14-15,18-19,34H,3-4,11,13,16-17H2,1-2H3. The summed E-state index contributed by atoms with van der Waals surface area (Å²) >= 11 is 13.1. The molecule has 7 heteroatoms. The maximum Gasteiger partial charge on any atom is 0.260 e. The molecule has 0 spiro atoms. The minimum Gasteiger partial charge on any atom is -0.508 e. The van der Waals surface area contributed by atoms with Crippen molar-refractivity contribution in [3.8, 4) is 11.5 Å². The van der Waals surface area contributed by atoms with Crippen LogP contribution in [0.2, 0.25) is 10.0 Å². The highest BCUT2D eigenvalue weighted by Crippen LogP contribution is 2.35. The lowest BCUT2D eigenvalue weighted by Crippen LogP contribution is -2.41. The first kappa shape index (κ1) is 26.3. The van der Waals surface area contributed by atoms with Crippen molar-refractivity contribution in [3.05, 3.63) is 92.7 Å². The molecule has 2 unspecified atom stereocenters. The van der Waals surface area contributed by atoms with Gasteiger partial charge in [-0.05, 0) is 65.8 Å². The highest BCUT2D eigenvalue weighted by Gasteiger charge is 2.21. The monoisotopic (exact) mass is 529 g/mol. The van der Waals surface area contributed by atoms with E-state index in [0.717, 1.165) is 48.2 Å².